The molecule has 1 aromatic heterocycles. The fourth-order valence-corrected chi connectivity index (χ4v) is 5.33. The summed E-state index contributed by atoms with van der Waals surface area (Å²) in [6, 6.07) is 11.3. The van der Waals surface area contributed by atoms with Crippen LogP contribution >= 0.6 is 11.3 Å². The fourth-order valence-electron chi connectivity index (χ4n) is 4.61. The van der Waals surface area contributed by atoms with Crippen molar-refractivity contribution in [1.29, 1.82) is 0 Å². The van der Waals surface area contributed by atoms with Crippen LogP contribution < -0.4 is 21.9 Å². The van der Waals surface area contributed by atoms with Gasteiger partial charge in [0.25, 0.3) is 0 Å². The molecule has 2 aromatic rings. The maximum Gasteiger partial charge on any atom is 0.415 e. The van der Waals surface area contributed by atoms with Gasteiger partial charge in [-0.1, -0.05) is 12.1 Å². The second-order valence-corrected chi connectivity index (χ2v) is 9.08. The standard InChI is InChI=1S/C21H26FN2O2S.BrH/c1-24(2)17-8-9-18(24)13-19(12-17)26-21(25)23(20-7-4-10-27-20)14-15-5-3-6-16(22)11-15;/h3-7,10-11,17-19H,8-9,12-14H2,1-2H3;1H/q+1;/p-1/t17-,18+,19+;. The Morgan fingerprint density at radius 1 is 1.21 bits per heavy atom. The van der Waals surface area contributed by atoms with Gasteiger partial charge in [-0.3, -0.25) is 4.90 Å². The van der Waals surface area contributed by atoms with Crippen LogP contribution in [0, 0.1) is 5.82 Å². The summed E-state index contributed by atoms with van der Waals surface area (Å²) >= 11 is 1.49. The Labute approximate surface area is 180 Å². The largest absolute Gasteiger partial charge is 1.00 e. The summed E-state index contributed by atoms with van der Waals surface area (Å²) in [4.78, 5) is 14.6. The monoisotopic (exact) mass is 468 g/mol. The zero-order chi connectivity index (χ0) is 19.0. The van der Waals surface area contributed by atoms with Crippen molar-refractivity contribution >= 4 is 22.4 Å². The predicted molar refractivity (Wildman–Crippen MR) is 105 cm³/mol. The topological polar surface area (TPSA) is 29.5 Å². The van der Waals surface area contributed by atoms with Gasteiger partial charge >= 0.3 is 6.09 Å². The van der Waals surface area contributed by atoms with Crippen LogP contribution in [0.3, 0.4) is 0 Å². The van der Waals surface area contributed by atoms with Gasteiger partial charge in [-0.05, 0) is 35.2 Å². The first-order valence-corrected chi connectivity index (χ1v) is 10.4. The molecule has 28 heavy (non-hydrogen) atoms. The zero-order valence-corrected chi connectivity index (χ0v) is 18.6. The van der Waals surface area contributed by atoms with E-state index in [1.54, 1.807) is 11.0 Å². The summed E-state index contributed by atoms with van der Waals surface area (Å²) in [6.07, 6.45) is 3.91. The van der Waals surface area contributed by atoms with E-state index >= 15 is 0 Å². The molecule has 1 aromatic carbocycles. The number of rotatable bonds is 4. The second-order valence-electron chi connectivity index (χ2n) is 8.16. The minimum atomic E-state index is -0.335. The van der Waals surface area contributed by atoms with Gasteiger partial charge in [-0.25, -0.2) is 9.18 Å². The SMILES string of the molecule is C[N+]1(C)[C@@H]2CC[C@H]1C[C@@H](OC(=O)N(Cc1cccc(F)c1)c1cccs1)C2.[Br-]. The second kappa shape index (κ2) is 8.51. The summed E-state index contributed by atoms with van der Waals surface area (Å²) in [5, 5.41) is 2.75. The average Bonchev–Trinajstić information content (AvgIpc) is 3.16. The number of nitrogens with zero attached hydrogens (tertiary/aromatic N) is 2. The highest BCUT2D eigenvalue weighted by Crippen LogP contribution is 2.40. The number of carbonyl (C=O) groups is 1. The molecule has 2 aliphatic heterocycles. The highest BCUT2D eigenvalue weighted by atomic mass is 79.9. The van der Waals surface area contributed by atoms with Crippen LogP contribution in [0.15, 0.2) is 41.8 Å². The molecule has 4 nitrogen and oxygen atoms in total. The summed E-state index contributed by atoms with van der Waals surface area (Å²) in [6.45, 7) is 0.304. The lowest BCUT2D eigenvalue weighted by Gasteiger charge is -2.44. The van der Waals surface area contributed by atoms with Crippen molar-refractivity contribution in [2.24, 2.45) is 0 Å². The van der Waals surface area contributed by atoms with Crippen molar-refractivity contribution < 1.29 is 35.4 Å². The number of halogens is 2. The van der Waals surface area contributed by atoms with Crippen molar-refractivity contribution in [3.63, 3.8) is 0 Å². The fraction of sp³-hybridized carbons (Fsp3) is 0.476. The first-order valence-electron chi connectivity index (χ1n) is 9.53. The van der Waals surface area contributed by atoms with E-state index in [0.717, 1.165) is 27.9 Å². The van der Waals surface area contributed by atoms with Crippen LogP contribution in [0.4, 0.5) is 14.2 Å². The highest BCUT2D eigenvalue weighted by Gasteiger charge is 2.50. The van der Waals surface area contributed by atoms with Gasteiger partial charge in [0.2, 0.25) is 0 Å². The molecule has 0 unspecified atom stereocenters. The van der Waals surface area contributed by atoms with Crippen molar-refractivity contribution in [1.82, 2.24) is 0 Å². The molecular formula is C21H26BrFN2O2S. The quantitative estimate of drug-likeness (QED) is 0.640. The maximum atomic E-state index is 13.6. The van der Waals surface area contributed by atoms with Crippen LogP contribution in [0.5, 0.6) is 0 Å². The smallest absolute Gasteiger partial charge is 0.415 e. The first kappa shape index (κ1) is 21.3. The number of fused-ring (bicyclic) bond motifs is 2. The minimum absolute atomic E-state index is 0. The number of quaternary nitrogens is 1. The number of anilines is 1. The minimum Gasteiger partial charge on any atom is -1.00 e. The van der Waals surface area contributed by atoms with Crippen molar-refractivity contribution in [3.05, 3.63) is 53.2 Å². The predicted octanol–water partition coefficient (Wildman–Crippen LogP) is 1.80. The molecule has 0 radical (unpaired) electrons. The molecule has 2 fully saturated rings. The van der Waals surface area contributed by atoms with E-state index in [1.165, 1.54) is 36.3 Å². The number of amides is 1. The molecule has 0 spiro atoms. The molecular weight excluding hydrogens is 443 g/mol. The lowest BCUT2D eigenvalue weighted by Crippen LogP contribution is -3.00. The van der Waals surface area contributed by atoms with E-state index in [4.69, 9.17) is 4.74 Å². The summed E-state index contributed by atoms with van der Waals surface area (Å²) < 4.78 is 20.6. The normalized spacial score (nSPS) is 25.0. The molecule has 0 aliphatic carbocycles. The number of hydrogen-bond donors (Lipinski definition) is 0. The molecule has 1 amide bonds. The van der Waals surface area contributed by atoms with Gasteiger partial charge in [-0.2, -0.15) is 0 Å². The van der Waals surface area contributed by atoms with Gasteiger partial charge in [0.15, 0.2) is 0 Å². The Bertz CT molecular complexity index is 798. The number of carbonyl (C=O) groups excluding carboxylic acids is 1. The molecule has 0 saturated carbocycles. The van der Waals surface area contributed by atoms with Crippen LogP contribution in [-0.4, -0.2) is 42.9 Å². The third-order valence-corrected chi connectivity index (χ3v) is 7.17. The highest BCUT2D eigenvalue weighted by molar-refractivity contribution is 7.14. The molecule has 2 aliphatic rings. The Hall–Kier alpha value is -1.44. The van der Waals surface area contributed by atoms with Crippen LogP contribution in [0.1, 0.15) is 31.2 Å². The van der Waals surface area contributed by atoms with Gasteiger partial charge in [-0.15, -0.1) is 11.3 Å². The molecule has 3 heterocycles. The number of hydrogen-bond acceptors (Lipinski definition) is 3. The van der Waals surface area contributed by atoms with Crippen LogP contribution in [0.2, 0.25) is 0 Å². The van der Waals surface area contributed by atoms with Gasteiger partial charge in [0.1, 0.15) is 16.9 Å². The number of ether oxygens (including phenoxy) is 1. The van der Waals surface area contributed by atoms with E-state index in [9.17, 15) is 9.18 Å². The van der Waals surface area contributed by atoms with Gasteiger partial charge < -0.3 is 26.2 Å². The molecule has 3 atom stereocenters. The average molecular weight is 469 g/mol. The molecule has 0 N–H and O–H groups in total. The number of benzene rings is 1. The summed E-state index contributed by atoms with van der Waals surface area (Å²) in [5.74, 6) is -0.296. The van der Waals surface area contributed by atoms with E-state index in [0.29, 0.717) is 18.6 Å². The number of piperidine rings is 1. The molecule has 7 heteroatoms. The summed E-state index contributed by atoms with van der Waals surface area (Å²) in [5.41, 5.74) is 0.752. The third kappa shape index (κ3) is 4.26. The van der Waals surface area contributed by atoms with E-state index in [2.05, 4.69) is 14.1 Å². The van der Waals surface area contributed by atoms with Crippen molar-refractivity contribution in [2.75, 3.05) is 19.0 Å². The molecule has 2 bridgehead atoms. The van der Waals surface area contributed by atoms with E-state index in [1.807, 2.05) is 23.6 Å². The zero-order valence-electron chi connectivity index (χ0n) is 16.2. The van der Waals surface area contributed by atoms with Gasteiger partial charge in [0, 0.05) is 25.7 Å². The van der Waals surface area contributed by atoms with E-state index < -0.39 is 0 Å². The molecule has 4 rings (SSSR count). The third-order valence-electron chi connectivity index (χ3n) is 6.28. The number of thiophene rings is 1. The Balaban J connectivity index is 0.00000225. The Morgan fingerprint density at radius 3 is 2.54 bits per heavy atom. The van der Waals surface area contributed by atoms with Gasteiger partial charge in [0.05, 0.1) is 32.7 Å². The Kier molecular flexibility index (Phi) is 6.47. The lowest BCUT2D eigenvalue weighted by atomic mass is 9.98. The van der Waals surface area contributed by atoms with E-state index in [-0.39, 0.29) is 35.0 Å². The van der Waals surface area contributed by atoms with Crippen molar-refractivity contribution in [2.45, 2.75) is 50.4 Å². The molecule has 2 saturated heterocycles. The maximum absolute atomic E-state index is 13.6. The summed E-state index contributed by atoms with van der Waals surface area (Å²) in [7, 11) is 4.59. The lowest BCUT2D eigenvalue weighted by molar-refractivity contribution is -0.931. The van der Waals surface area contributed by atoms with Crippen LogP contribution in [0.25, 0.3) is 0 Å². The Morgan fingerprint density at radius 2 is 1.93 bits per heavy atom. The van der Waals surface area contributed by atoms with Crippen LogP contribution in [-0.2, 0) is 11.3 Å². The molecule has 152 valence electrons. The van der Waals surface area contributed by atoms with Crippen molar-refractivity contribution in [3.8, 4) is 0 Å². The first-order chi connectivity index (χ1) is 12.9.